The summed E-state index contributed by atoms with van der Waals surface area (Å²) in [7, 11) is -3.76. The van der Waals surface area contributed by atoms with Gasteiger partial charge in [-0.25, -0.2) is 17.2 Å². The van der Waals surface area contributed by atoms with Crippen LogP contribution in [0.5, 0.6) is 0 Å². The van der Waals surface area contributed by atoms with Crippen molar-refractivity contribution in [2.75, 3.05) is 58.4 Å². The molecule has 2 saturated heterocycles. The quantitative estimate of drug-likeness (QED) is 0.464. The highest BCUT2D eigenvalue weighted by atomic mass is 32.2. The van der Waals surface area contributed by atoms with Crippen LogP contribution in [-0.4, -0.2) is 63.9 Å². The van der Waals surface area contributed by atoms with Crippen LogP contribution < -0.4 is 19.8 Å². The van der Waals surface area contributed by atoms with Crippen molar-refractivity contribution < 1.29 is 27.1 Å². The summed E-state index contributed by atoms with van der Waals surface area (Å²) in [6, 6.07) is 11.2. The highest BCUT2D eigenvalue weighted by Crippen LogP contribution is 2.54. The van der Waals surface area contributed by atoms with Gasteiger partial charge in [0.25, 0.3) is 11.8 Å². The molecule has 0 unspecified atom stereocenters. The lowest BCUT2D eigenvalue weighted by Gasteiger charge is -2.40. The SMILES string of the molecule is N#Cc1cc(NC(=O)c2ccc(NS(=O)(=O)CCO)cc2N2CCC3(CC2)CC3)cc(N2CC(F)(F)C2)c1. The number of piperidine rings is 1. The van der Waals surface area contributed by atoms with E-state index in [4.69, 9.17) is 5.11 Å². The Bertz CT molecular complexity index is 1390. The minimum Gasteiger partial charge on any atom is -0.395 e. The number of anilines is 4. The van der Waals surface area contributed by atoms with Crippen molar-refractivity contribution in [2.24, 2.45) is 5.41 Å². The Balaban J connectivity index is 1.42. The summed E-state index contributed by atoms with van der Waals surface area (Å²) in [5.74, 6) is -3.70. The molecule has 0 bridgehead atoms. The summed E-state index contributed by atoms with van der Waals surface area (Å²) in [6.45, 7) is 0.0253. The third-order valence-electron chi connectivity index (χ3n) is 7.51. The molecule has 1 amide bonds. The van der Waals surface area contributed by atoms with Crippen LogP contribution in [-0.2, 0) is 10.0 Å². The van der Waals surface area contributed by atoms with Crippen molar-refractivity contribution in [3.8, 4) is 6.07 Å². The van der Waals surface area contributed by atoms with Gasteiger partial charge in [0.1, 0.15) is 0 Å². The predicted molar refractivity (Wildman–Crippen MR) is 140 cm³/mol. The molecule has 2 aromatic rings. The summed E-state index contributed by atoms with van der Waals surface area (Å²) in [5, 5.41) is 21.3. The van der Waals surface area contributed by atoms with Crippen LogP contribution in [0, 0.1) is 16.7 Å². The van der Waals surface area contributed by atoms with Gasteiger partial charge in [-0.1, -0.05) is 0 Å². The summed E-state index contributed by atoms with van der Waals surface area (Å²) in [5.41, 5.74) is 2.51. The minimum absolute atomic E-state index is 0.229. The maximum absolute atomic E-state index is 13.5. The van der Waals surface area contributed by atoms with E-state index in [0.29, 0.717) is 28.0 Å². The lowest BCUT2D eigenvalue weighted by atomic mass is 9.93. The van der Waals surface area contributed by atoms with Crippen molar-refractivity contribution >= 4 is 38.7 Å². The molecule has 3 fully saturated rings. The molecule has 1 saturated carbocycles. The summed E-state index contributed by atoms with van der Waals surface area (Å²) >= 11 is 0. The van der Waals surface area contributed by atoms with E-state index >= 15 is 0 Å². The van der Waals surface area contributed by atoms with Crippen LogP contribution in [0.3, 0.4) is 0 Å². The van der Waals surface area contributed by atoms with Crippen LogP contribution in [0.2, 0.25) is 0 Å². The number of benzene rings is 2. The molecule has 3 N–H and O–H groups in total. The van der Waals surface area contributed by atoms with Gasteiger partial charge in [0.2, 0.25) is 10.0 Å². The van der Waals surface area contributed by atoms with E-state index in [0.717, 1.165) is 25.9 Å². The van der Waals surface area contributed by atoms with Gasteiger partial charge in [0.15, 0.2) is 0 Å². The maximum atomic E-state index is 13.5. The van der Waals surface area contributed by atoms with E-state index in [1.165, 1.54) is 42.0 Å². The molecule has 2 heterocycles. The number of alkyl halides is 2. The van der Waals surface area contributed by atoms with Crippen LogP contribution in [0.4, 0.5) is 31.5 Å². The number of nitriles is 1. The number of carbonyl (C=O) groups is 1. The number of amides is 1. The van der Waals surface area contributed by atoms with Gasteiger partial charge in [0.05, 0.1) is 54.0 Å². The number of aliphatic hydroxyl groups excluding tert-OH is 1. The number of hydrogen-bond donors (Lipinski definition) is 3. The second-order valence-corrected chi connectivity index (χ2v) is 12.3. The van der Waals surface area contributed by atoms with Crippen molar-refractivity contribution in [3.63, 3.8) is 0 Å². The lowest BCUT2D eigenvalue weighted by Crippen LogP contribution is -2.56. The van der Waals surface area contributed by atoms with E-state index < -0.39 is 47.3 Å². The molecule has 0 aromatic heterocycles. The van der Waals surface area contributed by atoms with Crippen molar-refractivity contribution in [1.82, 2.24) is 0 Å². The molecule has 1 spiro atoms. The number of nitrogens with one attached hydrogen (secondary N) is 2. The minimum atomic E-state index is -3.76. The molecule has 2 aromatic carbocycles. The summed E-state index contributed by atoms with van der Waals surface area (Å²) < 4.78 is 53.7. The first-order chi connectivity index (χ1) is 18.0. The number of halogens is 2. The first kappa shape index (κ1) is 26.2. The Hall–Kier alpha value is -3.43. The van der Waals surface area contributed by atoms with Crippen LogP contribution in [0.15, 0.2) is 36.4 Å². The van der Waals surface area contributed by atoms with Crippen LogP contribution >= 0.6 is 0 Å². The zero-order valence-electron chi connectivity index (χ0n) is 20.7. The van der Waals surface area contributed by atoms with Gasteiger partial charge < -0.3 is 20.2 Å². The van der Waals surface area contributed by atoms with Crippen molar-refractivity contribution in [3.05, 3.63) is 47.5 Å². The molecular weight excluding hydrogens is 516 g/mol. The van der Waals surface area contributed by atoms with E-state index in [2.05, 4.69) is 14.9 Å². The van der Waals surface area contributed by atoms with Gasteiger partial charge in [0, 0.05) is 24.5 Å². The zero-order chi connectivity index (χ0) is 27.1. The first-order valence-electron chi connectivity index (χ1n) is 12.5. The largest absolute Gasteiger partial charge is 0.395 e. The van der Waals surface area contributed by atoms with Gasteiger partial charge in [-0.05, 0) is 67.5 Å². The lowest BCUT2D eigenvalue weighted by molar-refractivity contribution is -0.0262. The Kier molecular flexibility index (Phi) is 6.69. The van der Waals surface area contributed by atoms with Crippen LogP contribution in [0.25, 0.3) is 0 Å². The van der Waals surface area contributed by atoms with Crippen LogP contribution in [0.1, 0.15) is 41.6 Å². The van der Waals surface area contributed by atoms with Gasteiger partial charge >= 0.3 is 0 Å². The van der Waals surface area contributed by atoms with Crippen molar-refractivity contribution in [2.45, 2.75) is 31.6 Å². The molecule has 9 nitrogen and oxygen atoms in total. The monoisotopic (exact) mass is 545 g/mol. The Labute approximate surface area is 220 Å². The third-order valence-corrected chi connectivity index (χ3v) is 8.78. The fourth-order valence-corrected chi connectivity index (χ4v) is 5.95. The number of carbonyl (C=O) groups excluding carboxylic acids is 1. The molecule has 12 heteroatoms. The van der Waals surface area contributed by atoms with Gasteiger partial charge in [-0.3, -0.25) is 9.52 Å². The smallest absolute Gasteiger partial charge is 0.282 e. The molecular formula is C26H29F2N5O4S. The normalized spacial score (nSPS) is 19.4. The summed E-state index contributed by atoms with van der Waals surface area (Å²) in [6.07, 6.45) is 4.39. The number of aliphatic hydroxyl groups is 1. The van der Waals surface area contributed by atoms with E-state index in [9.17, 15) is 27.3 Å². The first-order valence-corrected chi connectivity index (χ1v) is 14.2. The molecule has 2 aliphatic heterocycles. The number of nitrogens with zero attached hydrogens (tertiary/aromatic N) is 3. The highest BCUT2D eigenvalue weighted by Gasteiger charge is 2.45. The maximum Gasteiger partial charge on any atom is 0.282 e. The second-order valence-electron chi connectivity index (χ2n) is 10.4. The molecule has 5 rings (SSSR count). The molecule has 0 atom stereocenters. The molecule has 1 aliphatic carbocycles. The average Bonchev–Trinajstić information content (AvgIpc) is 3.60. The molecule has 0 radical (unpaired) electrons. The summed E-state index contributed by atoms with van der Waals surface area (Å²) in [4.78, 5) is 17.0. The fraction of sp³-hybridized carbons (Fsp3) is 0.462. The van der Waals surface area contributed by atoms with Gasteiger partial charge in [-0.15, -0.1) is 0 Å². The van der Waals surface area contributed by atoms with Crippen molar-refractivity contribution in [1.29, 1.82) is 5.26 Å². The standard InChI is InChI=1S/C26H29F2N5O4S/c27-26(28)16-33(17-26)21-12-18(15-29)11-20(13-21)30-24(35)22-2-1-19(31-38(36,37)10-9-34)14-23(22)32-7-5-25(3-4-25)6-8-32/h1-2,11-14,31,34H,3-10,16-17H2,(H,30,35). The average molecular weight is 546 g/mol. The Morgan fingerprint density at radius 1 is 1.03 bits per heavy atom. The highest BCUT2D eigenvalue weighted by molar-refractivity contribution is 7.92. The van der Waals surface area contributed by atoms with E-state index in [1.54, 1.807) is 12.1 Å². The molecule has 202 valence electrons. The third kappa shape index (κ3) is 5.68. The molecule has 3 aliphatic rings. The predicted octanol–water partition coefficient (Wildman–Crippen LogP) is 3.38. The number of rotatable bonds is 8. The Morgan fingerprint density at radius 2 is 1.74 bits per heavy atom. The second kappa shape index (κ2) is 9.71. The van der Waals surface area contributed by atoms with Gasteiger partial charge in [-0.2, -0.15) is 5.26 Å². The van der Waals surface area contributed by atoms with E-state index in [-0.39, 0.29) is 11.3 Å². The number of sulfonamides is 1. The fourth-order valence-electron chi connectivity index (χ4n) is 5.12. The molecule has 38 heavy (non-hydrogen) atoms. The Morgan fingerprint density at radius 3 is 2.34 bits per heavy atom. The zero-order valence-corrected chi connectivity index (χ0v) is 21.5. The van der Waals surface area contributed by atoms with E-state index in [1.807, 2.05) is 6.07 Å². The topological polar surface area (TPSA) is 126 Å². The number of hydrogen-bond acceptors (Lipinski definition) is 7.